The molecule has 100 valence electrons. The Balaban J connectivity index is 1.91. The zero-order chi connectivity index (χ0) is 13.2. The van der Waals surface area contributed by atoms with Gasteiger partial charge in [-0.15, -0.1) is 0 Å². The van der Waals surface area contributed by atoms with Crippen molar-refractivity contribution in [1.82, 2.24) is 4.98 Å². The Morgan fingerprint density at radius 3 is 3.05 bits per heavy atom. The van der Waals surface area contributed by atoms with Crippen molar-refractivity contribution < 1.29 is 5.11 Å². The molecule has 0 amide bonds. The monoisotopic (exact) mass is 257 g/mol. The van der Waals surface area contributed by atoms with Gasteiger partial charge >= 0.3 is 0 Å². The third-order valence-corrected chi connectivity index (χ3v) is 4.10. The van der Waals surface area contributed by atoms with Gasteiger partial charge in [0.25, 0.3) is 0 Å². The zero-order valence-electron chi connectivity index (χ0n) is 10.8. The van der Waals surface area contributed by atoms with E-state index in [2.05, 4.69) is 10.3 Å². The molecule has 2 aromatic rings. The second-order valence-corrected chi connectivity index (χ2v) is 5.25. The van der Waals surface area contributed by atoms with Crippen LogP contribution in [-0.4, -0.2) is 22.7 Å². The summed E-state index contributed by atoms with van der Waals surface area (Å²) >= 11 is 0. The van der Waals surface area contributed by atoms with Gasteiger partial charge in [0.05, 0.1) is 11.4 Å². The first-order chi connectivity index (χ1) is 9.29. The minimum atomic E-state index is 0.245. The third kappa shape index (κ3) is 2.24. The van der Waals surface area contributed by atoms with E-state index >= 15 is 0 Å². The first-order valence-electron chi connectivity index (χ1n) is 6.79. The summed E-state index contributed by atoms with van der Waals surface area (Å²) < 4.78 is 0. The largest absolute Gasteiger partial charge is 0.397 e. The molecular weight excluding hydrogens is 238 g/mol. The van der Waals surface area contributed by atoms with E-state index in [9.17, 15) is 5.11 Å². The average molecular weight is 257 g/mol. The number of aromatic nitrogens is 1. The predicted molar refractivity (Wildman–Crippen MR) is 78.0 cm³/mol. The van der Waals surface area contributed by atoms with Gasteiger partial charge in [-0.1, -0.05) is 12.5 Å². The number of fused-ring (bicyclic) bond motifs is 1. The van der Waals surface area contributed by atoms with Crippen LogP contribution in [0, 0.1) is 5.92 Å². The van der Waals surface area contributed by atoms with Crippen molar-refractivity contribution in [2.75, 3.05) is 17.7 Å². The molecular formula is C15H19N3O. The van der Waals surface area contributed by atoms with Gasteiger partial charge in [-0.25, -0.2) is 0 Å². The first kappa shape index (κ1) is 12.2. The summed E-state index contributed by atoms with van der Waals surface area (Å²) in [6.45, 7) is 0.245. The van der Waals surface area contributed by atoms with E-state index in [0.717, 1.165) is 35.0 Å². The summed E-state index contributed by atoms with van der Waals surface area (Å²) in [6.07, 6.45) is 6.93. The van der Waals surface area contributed by atoms with Crippen LogP contribution in [0.3, 0.4) is 0 Å². The standard InChI is InChI=1S/C15H19N3O/c16-15-12-6-7-17-8-10(12)4-5-14(15)18-13-3-1-2-11(13)9-19/h4-8,11,13,18-19H,1-3,9,16H2. The number of nitrogens with two attached hydrogens (primary N) is 1. The van der Waals surface area contributed by atoms with Gasteiger partial charge in [0, 0.05) is 41.7 Å². The minimum Gasteiger partial charge on any atom is -0.397 e. The van der Waals surface area contributed by atoms with Gasteiger partial charge in [0.2, 0.25) is 0 Å². The van der Waals surface area contributed by atoms with Crippen LogP contribution in [0.5, 0.6) is 0 Å². The molecule has 4 heteroatoms. The van der Waals surface area contributed by atoms with Crippen LogP contribution in [0.15, 0.2) is 30.6 Å². The molecule has 1 heterocycles. The number of pyridine rings is 1. The zero-order valence-corrected chi connectivity index (χ0v) is 10.8. The topological polar surface area (TPSA) is 71.2 Å². The summed E-state index contributed by atoms with van der Waals surface area (Å²) in [4.78, 5) is 4.10. The lowest BCUT2D eigenvalue weighted by atomic mass is 10.0. The van der Waals surface area contributed by atoms with Crippen LogP contribution < -0.4 is 11.1 Å². The van der Waals surface area contributed by atoms with E-state index in [1.54, 1.807) is 6.20 Å². The Morgan fingerprint density at radius 1 is 1.32 bits per heavy atom. The number of anilines is 2. The van der Waals surface area contributed by atoms with Crippen molar-refractivity contribution in [1.29, 1.82) is 0 Å². The number of benzene rings is 1. The lowest BCUT2D eigenvalue weighted by Crippen LogP contribution is -2.26. The Morgan fingerprint density at radius 2 is 2.21 bits per heavy atom. The van der Waals surface area contributed by atoms with Crippen molar-refractivity contribution in [2.24, 2.45) is 5.92 Å². The van der Waals surface area contributed by atoms with Crippen molar-refractivity contribution in [3.05, 3.63) is 30.6 Å². The molecule has 0 radical (unpaired) electrons. The van der Waals surface area contributed by atoms with Crippen LogP contribution >= 0.6 is 0 Å². The SMILES string of the molecule is Nc1c(NC2CCCC2CO)ccc2cnccc12. The highest BCUT2D eigenvalue weighted by Crippen LogP contribution is 2.33. The van der Waals surface area contributed by atoms with Gasteiger partial charge < -0.3 is 16.2 Å². The van der Waals surface area contributed by atoms with E-state index in [1.807, 2.05) is 24.4 Å². The maximum absolute atomic E-state index is 9.38. The smallest absolute Gasteiger partial charge is 0.0630 e. The first-order valence-corrected chi connectivity index (χ1v) is 6.79. The van der Waals surface area contributed by atoms with Gasteiger partial charge in [-0.05, 0) is 25.0 Å². The van der Waals surface area contributed by atoms with Gasteiger partial charge in [-0.3, -0.25) is 4.98 Å². The number of hydrogen-bond donors (Lipinski definition) is 3. The summed E-state index contributed by atoms with van der Waals surface area (Å²) in [5.74, 6) is 0.340. The number of hydrogen-bond acceptors (Lipinski definition) is 4. The van der Waals surface area contributed by atoms with E-state index in [0.29, 0.717) is 12.0 Å². The Bertz CT molecular complexity index is 585. The highest BCUT2D eigenvalue weighted by atomic mass is 16.3. The third-order valence-electron chi connectivity index (χ3n) is 4.10. The molecule has 1 aromatic heterocycles. The quantitative estimate of drug-likeness (QED) is 0.738. The highest BCUT2D eigenvalue weighted by molar-refractivity contribution is 5.98. The summed E-state index contributed by atoms with van der Waals surface area (Å²) in [6, 6.07) is 6.30. The number of nitrogens with one attached hydrogen (secondary N) is 1. The van der Waals surface area contributed by atoms with Crippen molar-refractivity contribution in [3.8, 4) is 0 Å². The summed E-state index contributed by atoms with van der Waals surface area (Å²) in [5, 5.41) is 15.0. The van der Waals surface area contributed by atoms with Crippen LogP contribution in [0.25, 0.3) is 10.8 Å². The van der Waals surface area contributed by atoms with Crippen LogP contribution in [-0.2, 0) is 0 Å². The number of nitrogens with zero attached hydrogens (tertiary/aromatic N) is 1. The van der Waals surface area contributed by atoms with E-state index in [1.165, 1.54) is 6.42 Å². The van der Waals surface area contributed by atoms with Crippen LogP contribution in [0.4, 0.5) is 11.4 Å². The molecule has 2 atom stereocenters. The number of rotatable bonds is 3. The molecule has 0 bridgehead atoms. The van der Waals surface area contributed by atoms with E-state index in [4.69, 9.17) is 5.73 Å². The average Bonchev–Trinajstić information content (AvgIpc) is 2.89. The Labute approximate surface area is 112 Å². The van der Waals surface area contributed by atoms with Crippen molar-refractivity contribution in [3.63, 3.8) is 0 Å². The summed E-state index contributed by atoms with van der Waals surface area (Å²) in [5.41, 5.74) is 7.96. The maximum Gasteiger partial charge on any atom is 0.0630 e. The molecule has 1 aromatic carbocycles. The minimum absolute atomic E-state index is 0.245. The maximum atomic E-state index is 9.38. The van der Waals surface area contributed by atoms with Crippen LogP contribution in [0.1, 0.15) is 19.3 Å². The molecule has 19 heavy (non-hydrogen) atoms. The fraction of sp³-hybridized carbons (Fsp3) is 0.400. The van der Waals surface area contributed by atoms with Crippen molar-refractivity contribution in [2.45, 2.75) is 25.3 Å². The molecule has 4 nitrogen and oxygen atoms in total. The van der Waals surface area contributed by atoms with Gasteiger partial charge in [0.1, 0.15) is 0 Å². The lowest BCUT2D eigenvalue weighted by Gasteiger charge is -2.21. The normalized spacial score (nSPS) is 22.8. The molecule has 0 spiro atoms. The molecule has 1 aliphatic carbocycles. The number of aliphatic hydroxyl groups is 1. The molecule has 1 aliphatic rings. The summed E-state index contributed by atoms with van der Waals surface area (Å²) in [7, 11) is 0. The van der Waals surface area contributed by atoms with E-state index < -0.39 is 0 Å². The molecule has 3 rings (SSSR count). The van der Waals surface area contributed by atoms with Crippen LogP contribution in [0.2, 0.25) is 0 Å². The van der Waals surface area contributed by atoms with E-state index in [-0.39, 0.29) is 6.61 Å². The lowest BCUT2D eigenvalue weighted by molar-refractivity contribution is 0.222. The fourth-order valence-electron chi connectivity index (χ4n) is 2.96. The molecule has 1 saturated carbocycles. The van der Waals surface area contributed by atoms with Crippen molar-refractivity contribution >= 4 is 22.1 Å². The number of aliphatic hydroxyl groups excluding tert-OH is 1. The molecule has 2 unspecified atom stereocenters. The Kier molecular flexibility index (Phi) is 3.25. The van der Waals surface area contributed by atoms with Gasteiger partial charge in [0.15, 0.2) is 0 Å². The second kappa shape index (κ2) is 5.05. The molecule has 1 fully saturated rings. The molecule has 4 N–H and O–H groups in total. The fourth-order valence-corrected chi connectivity index (χ4v) is 2.96. The Hall–Kier alpha value is -1.81. The molecule has 0 saturated heterocycles. The molecule has 0 aliphatic heterocycles. The highest BCUT2D eigenvalue weighted by Gasteiger charge is 2.26. The second-order valence-electron chi connectivity index (χ2n) is 5.25. The predicted octanol–water partition coefficient (Wildman–Crippen LogP) is 2.39. The number of nitrogen functional groups attached to an aromatic ring is 1. The van der Waals surface area contributed by atoms with Gasteiger partial charge in [-0.2, -0.15) is 0 Å².